The van der Waals surface area contributed by atoms with Gasteiger partial charge in [-0.05, 0) is 133 Å². The van der Waals surface area contributed by atoms with Crippen LogP contribution in [0.5, 0.6) is 0 Å². The quantitative estimate of drug-likeness (QED) is 0.0508. The van der Waals surface area contributed by atoms with Crippen LogP contribution in [-0.2, 0) is 61.7 Å². The van der Waals surface area contributed by atoms with Crippen molar-refractivity contribution in [2.45, 2.75) is 238 Å². The Bertz CT molecular complexity index is 2580. The van der Waals surface area contributed by atoms with E-state index in [1.807, 2.05) is 6.92 Å². The summed E-state index contributed by atoms with van der Waals surface area (Å²) in [7, 11) is 0. The van der Waals surface area contributed by atoms with Gasteiger partial charge in [0.2, 0.25) is 0 Å². The highest BCUT2D eigenvalue weighted by molar-refractivity contribution is 5.92. The molecule has 0 bridgehead atoms. The van der Waals surface area contributed by atoms with Gasteiger partial charge in [0.05, 0.1) is 48.0 Å². The molecule has 2 aromatic rings. The summed E-state index contributed by atoms with van der Waals surface area (Å²) in [5, 5.41) is 14.1. The number of carbonyl (C=O) groups is 8. The van der Waals surface area contributed by atoms with E-state index in [2.05, 4.69) is 26.6 Å². The molecule has 24 heteroatoms. The maximum atomic E-state index is 14.9. The van der Waals surface area contributed by atoms with E-state index in [9.17, 15) is 38.4 Å². The number of hydrogen-bond acceptors (Lipinski definition) is 19. The molecular formula is C60H87N5O19. The van der Waals surface area contributed by atoms with Crippen molar-refractivity contribution in [2.24, 2.45) is 0 Å². The van der Waals surface area contributed by atoms with E-state index in [1.54, 1.807) is 139 Å². The first-order valence-corrected chi connectivity index (χ1v) is 28.4. The highest BCUT2D eigenvalue weighted by atomic mass is 16.7. The molecule has 3 aliphatic rings. The summed E-state index contributed by atoms with van der Waals surface area (Å²) in [5.74, 6) is -3.35. The molecule has 1 aliphatic carbocycles. The van der Waals surface area contributed by atoms with Crippen LogP contribution in [-0.4, -0.2) is 157 Å². The highest BCUT2D eigenvalue weighted by Gasteiger charge is 2.55. The Morgan fingerprint density at radius 1 is 0.536 bits per heavy atom. The van der Waals surface area contributed by atoms with Gasteiger partial charge in [-0.2, -0.15) is 0 Å². The lowest BCUT2D eigenvalue weighted by Crippen LogP contribution is -2.70. The van der Waals surface area contributed by atoms with Crippen LogP contribution in [0.3, 0.4) is 0 Å². The molecule has 1 saturated carbocycles. The van der Waals surface area contributed by atoms with Gasteiger partial charge >= 0.3 is 42.3 Å². The van der Waals surface area contributed by atoms with Gasteiger partial charge in [-0.15, -0.1) is 0 Å². The predicted octanol–water partition coefficient (Wildman–Crippen LogP) is 7.84. The highest BCUT2D eigenvalue weighted by Crippen LogP contribution is 2.36. The number of benzene rings is 2. The van der Waals surface area contributed by atoms with Crippen LogP contribution in [0.25, 0.3) is 0 Å². The number of esters is 3. The van der Waals surface area contributed by atoms with Crippen LogP contribution < -0.4 is 26.6 Å². The number of amides is 5. The lowest BCUT2D eigenvalue weighted by atomic mass is 9.82. The molecule has 2 aromatic carbocycles. The van der Waals surface area contributed by atoms with Gasteiger partial charge in [0.25, 0.3) is 5.91 Å². The number of alkyl carbamates (subject to hydrolysis) is 4. The molecule has 1 saturated heterocycles. The van der Waals surface area contributed by atoms with Crippen LogP contribution >= 0.6 is 0 Å². The van der Waals surface area contributed by atoms with Crippen molar-refractivity contribution in [3.05, 3.63) is 83.9 Å². The van der Waals surface area contributed by atoms with Gasteiger partial charge in [0, 0.05) is 6.92 Å². The minimum absolute atomic E-state index is 0.0450. The molecule has 2 heterocycles. The second kappa shape index (κ2) is 29.7. The first-order valence-electron chi connectivity index (χ1n) is 28.4. The summed E-state index contributed by atoms with van der Waals surface area (Å²) in [4.78, 5) is 111. The zero-order chi connectivity index (χ0) is 62.3. The van der Waals surface area contributed by atoms with E-state index in [0.717, 1.165) is 6.92 Å². The average Bonchev–Trinajstić information content (AvgIpc) is 3.34. The third-order valence-corrected chi connectivity index (χ3v) is 12.5. The Balaban J connectivity index is 1.71. The smallest absolute Gasteiger partial charge is 0.408 e. The average molecular weight is 1180 g/mol. The summed E-state index contributed by atoms with van der Waals surface area (Å²) in [6.07, 6.45) is -12.6. The zero-order valence-corrected chi connectivity index (χ0v) is 50.9. The molecule has 466 valence electrons. The van der Waals surface area contributed by atoms with Gasteiger partial charge in [-0.1, -0.05) is 68.8 Å². The van der Waals surface area contributed by atoms with Crippen LogP contribution in [0.4, 0.5) is 19.2 Å². The van der Waals surface area contributed by atoms with Crippen molar-refractivity contribution < 1.29 is 90.5 Å². The SMILES string of the molecule is CCC[C@H](OC(=O)c1ccccc1)C(=O)N[C@@H]1C[C@H](NC(=O)OC(C)(C)C)C(O[C@@H]2OC(CNC(=O)OC(C)(C)C)C=CC2NC(=O)OC(C)(C)C)C(OC(C)=O)[C@@H]1O[C@@H]1OC(CC)C[C@H](NC(=O)OC(C)(C)C)C1OC(=O)c1ccccc1. The molecule has 5 N–H and O–H groups in total. The van der Waals surface area contributed by atoms with E-state index in [1.165, 1.54) is 24.3 Å². The monoisotopic (exact) mass is 1180 g/mol. The topological polar surface area (TPSA) is 298 Å². The lowest BCUT2D eigenvalue weighted by molar-refractivity contribution is -0.299. The fourth-order valence-electron chi connectivity index (χ4n) is 9.19. The fraction of sp³-hybridized carbons (Fsp3) is 0.633. The molecule has 0 aromatic heterocycles. The minimum atomic E-state index is -1.73. The van der Waals surface area contributed by atoms with Crippen molar-refractivity contribution in [1.82, 2.24) is 26.6 Å². The maximum absolute atomic E-state index is 14.9. The minimum Gasteiger partial charge on any atom is -0.457 e. The third kappa shape index (κ3) is 22.2. The standard InChI is InChI=1S/C60H87N5O19/c1-16-24-43(77-49(68)35-25-20-18-21-26-35)48(67)62-41-32-42(65-56(73)84-60(13,14)15)45(79-51-39(63-54(71)82-58(7,8)9)30-29-38(76-51)33-61-53(70)81-57(4,5)6)47(74-34(3)66)44(41)80-52-46(78-50(69)36-27-22-19-23-28-36)40(31-37(17-2)75-52)64-55(72)83-59(10,11)12/h18-23,25-30,37-47,51-52H,16-17,24,31-33H2,1-15H3,(H,61,70)(H,62,67)(H,63,71)(H,64,72)(H,65,73)/t37?,38?,39?,40-,41+,42-,43-,44+,45?,46?,47?,51-,52-/m0/s1. The number of hydrogen-bond donors (Lipinski definition) is 5. The van der Waals surface area contributed by atoms with E-state index in [-0.39, 0.29) is 36.9 Å². The summed E-state index contributed by atoms with van der Waals surface area (Å²) in [5.41, 5.74) is -3.50. The molecule has 24 nitrogen and oxygen atoms in total. The summed E-state index contributed by atoms with van der Waals surface area (Å²) >= 11 is 0. The van der Waals surface area contributed by atoms with Crippen LogP contribution in [0.2, 0.25) is 0 Å². The molecule has 2 fully saturated rings. The maximum Gasteiger partial charge on any atom is 0.408 e. The van der Waals surface area contributed by atoms with E-state index >= 15 is 0 Å². The van der Waals surface area contributed by atoms with E-state index in [4.69, 9.17) is 52.1 Å². The number of ether oxygens (including phenoxy) is 11. The van der Waals surface area contributed by atoms with Crippen molar-refractivity contribution >= 4 is 48.2 Å². The lowest BCUT2D eigenvalue weighted by Gasteiger charge is -2.50. The normalized spacial score (nSPS) is 25.7. The van der Waals surface area contributed by atoms with Gasteiger partial charge in [-0.25, -0.2) is 28.8 Å². The number of nitrogens with one attached hydrogen (secondary N) is 5. The molecular weight excluding hydrogens is 1090 g/mol. The van der Waals surface area contributed by atoms with Gasteiger partial charge in [0.1, 0.15) is 40.7 Å². The Morgan fingerprint density at radius 2 is 1.01 bits per heavy atom. The van der Waals surface area contributed by atoms with Crippen LogP contribution in [0, 0.1) is 0 Å². The first-order chi connectivity index (χ1) is 39.2. The molecule has 0 radical (unpaired) electrons. The fourth-order valence-corrected chi connectivity index (χ4v) is 9.19. The molecule has 84 heavy (non-hydrogen) atoms. The molecule has 2 aliphatic heterocycles. The number of rotatable bonds is 19. The van der Waals surface area contributed by atoms with Crippen molar-refractivity contribution in [3.8, 4) is 0 Å². The predicted molar refractivity (Wildman–Crippen MR) is 303 cm³/mol. The van der Waals surface area contributed by atoms with Crippen LogP contribution in [0.15, 0.2) is 72.8 Å². The Hall–Kier alpha value is -7.02. The second-order valence-corrected chi connectivity index (χ2v) is 24.7. The molecule has 0 spiro atoms. The summed E-state index contributed by atoms with van der Waals surface area (Å²) in [6, 6.07) is 11.2. The largest absolute Gasteiger partial charge is 0.457 e. The second-order valence-electron chi connectivity index (χ2n) is 24.7. The third-order valence-electron chi connectivity index (χ3n) is 12.5. The Morgan fingerprint density at radius 3 is 1.51 bits per heavy atom. The van der Waals surface area contributed by atoms with Gasteiger partial charge in [-0.3, -0.25) is 9.59 Å². The Labute approximate surface area is 492 Å². The van der Waals surface area contributed by atoms with E-state index in [0.29, 0.717) is 12.8 Å². The summed E-state index contributed by atoms with van der Waals surface area (Å²) < 4.78 is 68.0. The molecule has 5 amide bonds. The van der Waals surface area contributed by atoms with E-state index < -0.39 is 150 Å². The van der Waals surface area contributed by atoms with Crippen molar-refractivity contribution in [3.63, 3.8) is 0 Å². The van der Waals surface area contributed by atoms with Crippen molar-refractivity contribution in [1.29, 1.82) is 0 Å². The Kier molecular flexibility index (Phi) is 23.9. The van der Waals surface area contributed by atoms with Gasteiger partial charge < -0.3 is 78.7 Å². The molecule has 5 rings (SSSR count). The summed E-state index contributed by atoms with van der Waals surface area (Å²) in [6.45, 7) is 24.6. The number of carbonyl (C=O) groups excluding carboxylic acids is 8. The van der Waals surface area contributed by atoms with Gasteiger partial charge in [0.15, 0.2) is 30.9 Å². The van der Waals surface area contributed by atoms with Crippen LogP contribution in [0.1, 0.15) is 157 Å². The zero-order valence-electron chi connectivity index (χ0n) is 50.9. The van der Waals surface area contributed by atoms with Crippen molar-refractivity contribution in [2.75, 3.05) is 6.54 Å². The molecule has 13 atom stereocenters. The molecule has 6 unspecified atom stereocenters. The first kappa shape index (κ1) is 67.8.